The highest BCUT2D eigenvalue weighted by molar-refractivity contribution is 8.26. The van der Waals surface area contributed by atoms with Gasteiger partial charge in [0.15, 0.2) is 0 Å². The number of hydrogen-bond donors (Lipinski definition) is 0. The Morgan fingerprint density at radius 2 is 1.64 bits per heavy atom. The van der Waals surface area contributed by atoms with Crippen LogP contribution in [0.25, 0.3) is 11.7 Å². The summed E-state index contributed by atoms with van der Waals surface area (Å²) in [5, 5.41) is 0. The number of ether oxygens (including phenoxy) is 1. The highest BCUT2D eigenvalue weighted by atomic mass is 32.2. The normalized spacial score (nSPS) is 14.9. The first-order valence-electron chi connectivity index (χ1n) is 10.1. The fourth-order valence-corrected chi connectivity index (χ4v) is 4.65. The molecule has 33 heavy (non-hydrogen) atoms. The Kier molecular flexibility index (Phi) is 5.77. The second-order valence-electron chi connectivity index (χ2n) is 7.23. The fourth-order valence-electron chi connectivity index (χ4n) is 3.42. The molecule has 0 atom stereocenters. The highest BCUT2D eigenvalue weighted by Gasteiger charge is 2.32. The molecule has 1 amide bonds. The molecule has 0 radical (unpaired) electrons. The van der Waals surface area contributed by atoms with Crippen LogP contribution in [0.1, 0.15) is 11.1 Å². The molecule has 0 unspecified atom stereocenters. The second-order valence-corrected chi connectivity index (χ2v) is 8.91. The van der Waals surface area contributed by atoms with E-state index < -0.39 is 0 Å². The van der Waals surface area contributed by atoms with Crippen molar-refractivity contribution < 1.29 is 9.53 Å². The first-order valence-corrected chi connectivity index (χ1v) is 11.4. The smallest absolute Gasteiger partial charge is 0.269 e. The van der Waals surface area contributed by atoms with Crippen LogP contribution in [-0.2, 0) is 11.3 Å². The van der Waals surface area contributed by atoms with Gasteiger partial charge in [0.25, 0.3) is 11.5 Å². The molecule has 3 heterocycles. The van der Waals surface area contributed by atoms with Crippen molar-refractivity contribution in [1.82, 2.24) is 14.3 Å². The van der Waals surface area contributed by atoms with Gasteiger partial charge in [-0.2, -0.15) is 4.98 Å². The first kappa shape index (κ1) is 21.1. The van der Waals surface area contributed by atoms with E-state index in [1.165, 1.54) is 15.4 Å². The van der Waals surface area contributed by atoms with Gasteiger partial charge in [-0.3, -0.25) is 18.9 Å². The Morgan fingerprint density at radius 3 is 2.39 bits per heavy atom. The third-order valence-corrected chi connectivity index (χ3v) is 6.40. The summed E-state index contributed by atoms with van der Waals surface area (Å²) in [6, 6.07) is 24.0. The number of benzene rings is 2. The molecule has 0 N–H and O–H groups in total. The van der Waals surface area contributed by atoms with E-state index in [1.54, 1.807) is 36.5 Å². The minimum Gasteiger partial charge on any atom is -0.438 e. The number of thioether (sulfide) groups is 1. The van der Waals surface area contributed by atoms with Crippen LogP contribution in [0.2, 0.25) is 0 Å². The zero-order valence-corrected chi connectivity index (χ0v) is 18.9. The van der Waals surface area contributed by atoms with E-state index in [4.69, 9.17) is 17.0 Å². The molecule has 8 heteroatoms. The predicted molar refractivity (Wildman–Crippen MR) is 133 cm³/mol. The Bertz CT molecular complexity index is 1450. The maximum Gasteiger partial charge on any atom is 0.269 e. The summed E-state index contributed by atoms with van der Waals surface area (Å²) in [5.74, 6) is 0.416. The summed E-state index contributed by atoms with van der Waals surface area (Å²) in [7, 11) is 0. The van der Waals surface area contributed by atoms with E-state index in [0.29, 0.717) is 27.2 Å². The number of amides is 1. The third-order valence-electron chi connectivity index (χ3n) is 5.02. The Morgan fingerprint density at radius 1 is 0.939 bits per heavy atom. The Labute approximate surface area is 199 Å². The minimum atomic E-state index is -0.333. The molecule has 0 bridgehead atoms. The molecule has 2 aromatic carbocycles. The van der Waals surface area contributed by atoms with Crippen LogP contribution in [0, 0.1) is 0 Å². The molecule has 0 aliphatic carbocycles. The lowest BCUT2D eigenvalue weighted by Crippen LogP contribution is -2.27. The third kappa shape index (κ3) is 4.30. The van der Waals surface area contributed by atoms with Gasteiger partial charge < -0.3 is 4.74 Å². The van der Waals surface area contributed by atoms with Crippen LogP contribution in [0.5, 0.6) is 11.6 Å². The van der Waals surface area contributed by atoms with Crippen LogP contribution < -0.4 is 10.3 Å². The number of pyridine rings is 1. The lowest BCUT2D eigenvalue weighted by Gasteiger charge is -2.14. The summed E-state index contributed by atoms with van der Waals surface area (Å²) in [4.78, 5) is 32.9. The van der Waals surface area contributed by atoms with Crippen molar-refractivity contribution >= 4 is 45.9 Å². The standard InChI is InChI=1S/C25H17N3O3S2/c29-23-19(15-20-24(30)28(25(32)33-20)16-17-9-3-1-4-10-17)22(31-18-11-5-2-6-12-18)26-21-13-7-8-14-27(21)23/h1-15H,16H2/b20-15-. The Balaban J connectivity index is 1.56. The number of fused-ring (bicyclic) bond motifs is 1. The average Bonchev–Trinajstić information content (AvgIpc) is 3.10. The van der Waals surface area contributed by atoms with Crippen molar-refractivity contribution in [2.75, 3.05) is 0 Å². The quantitative estimate of drug-likeness (QED) is 0.305. The maximum absolute atomic E-state index is 13.3. The number of para-hydroxylation sites is 1. The van der Waals surface area contributed by atoms with Crippen LogP contribution in [-0.4, -0.2) is 24.5 Å². The van der Waals surface area contributed by atoms with Crippen molar-refractivity contribution in [2.24, 2.45) is 0 Å². The Hall–Kier alpha value is -3.75. The number of nitrogens with zero attached hydrogens (tertiary/aromatic N) is 3. The molecular formula is C25H17N3O3S2. The molecule has 1 fully saturated rings. The predicted octanol–water partition coefficient (Wildman–Crippen LogP) is 4.89. The van der Waals surface area contributed by atoms with E-state index >= 15 is 0 Å². The van der Waals surface area contributed by atoms with Gasteiger partial charge in [-0.1, -0.05) is 78.6 Å². The van der Waals surface area contributed by atoms with E-state index in [0.717, 1.165) is 17.3 Å². The first-order chi connectivity index (χ1) is 16.1. The van der Waals surface area contributed by atoms with E-state index in [-0.39, 0.29) is 22.9 Å². The van der Waals surface area contributed by atoms with Gasteiger partial charge in [0.1, 0.15) is 21.3 Å². The van der Waals surface area contributed by atoms with Crippen molar-refractivity contribution in [3.63, 3.8) is 0 Å². The van der Waals surface area contributed by atoms with Gasteiger partial charge in [0, 0.05) is 6.20 Å². The monoisotopic (exact) mass is 471 g/mol. The summed E-state index contributed by atoms with van der Waals surface area (Å²) in [6.45, 7) is 0.366. The van der Waals surface area contributed by atoms with Gasteiger partial charge in [0.05, 0.1) is 11.4 Å². The van der Waals surface area contributed by atoms with Crippen LogP contribution in [0.15, 0.2) is 94.8 Å². The number of thiocarbonyl (C=S) groups is 1. The molecule has 6 nitrogen and oxygen atoms in total. The van der Waals surface area contributed by atoms with Crippen molar-refractivity contribution in [3.8, 4) is 11.6 Å². The number of aromatic nitrogens is 2. The van der Waals surface area contributed by atoms with Crippen LogP contribution in [0.4, 0.5) is 0 Å². The molecule has 4 aromatic rings. The topological polar surface area (TPSA) is 63.9 Å². The van der Waals surface area contributed by atoms with E-state index in [9.17, 15) is 9.59 Å². The number of rotatable bonds is 5. The van der Waals surface area contributed by atoms with Crippen LogP contribution >= 0.6 is 24.0 Å². The van der Waals surface area contributed by atoms with Crippen molar-refractivity contribution in [1.29, 1.82) is 0 Å². The molecule has 0 spiro atoms. The SMILES string of the molecule is O=C1/C(=C/c2c(Oc3ccccc3)nc3ccccn3c2=O)SC(=S)N1Cc1ccccc1. The summed E-state index contributed by atoms with van der Waals surface area (Å²) < 4.78 is 7.82. The van der Waals surface area contributed by atoms with Crippen molar-refractivity contribution in [3.05, 3.63) is 111 Å². The van der Waals surface area contributed by atoms with Crippen molar-refractivity contribution in [2.45, 2.75) is 6.54 Å². The minimum absolute atomic E-state index is 0.130. The van der Waals surface area contributed by atoms with Gasteiger partial charge in [-0.15, -0.1) is 0 Å². The largest absolute Gasteiger partial charge is 0.438 e. The van der Waals surface area contributed by atoms with Crippen LogP contribution in [0.3, 0.4) is 0 Å². The van der Waals surface area contributed by atoms with Gasteiger partial charge >= 0.3 is 0 Å². The van der Waals surface area contributed by atoms with Gasteiger partial charge in [-0.25, -0.2) is 0 Å². The molecule has 162 valence electrons. The summed E-state index contributed by atoms with van der Waals surface area (Å²) in [5.41, 5.74) is 1.26. The van der Waals surface area contributed by atoms with E-state index in [1.807, 2.05) is 48.5 Å². The molecule has 1 aliphatic rings. The summed E-state index contributed by atoms with van der Waals surface area (Å²) in [6.07, 6.45) is 3.16. The maximum atomic E-state index is 13.3. The molecule has 1 aliphatic heterocycles. The molecule has 2 aromatic heterocycles. The van der Waals surface area contributed by atoms with Gasteiger partial charge in [-0.05, 0) is 35.9 Å². The molecule has 5 rings (SSSR count). The van der Waals surface area contributed by atoms with Gasteiger partial charge in [0.2, 0.25) is 5.88 Å². The lowest BCUT2D eigenvalue weighted by molar-refractivity contribution is -0.122. The molecule has 0 saturated carbocycles. The summed E-state index contributed by atoms with van der Waals surface area (Å²) >= 11 is 6.62. The molecular weight excluding hydrogens is 454 g/mol. The number of carbonyl (C=O) groups is 1. The number of carbonyl (C=O) groups excluding carboxylic acids is 1. The lowest BCUT2D eigenvalue weighted by atomic mass is 10.2. The van der Waals surface area contributed by atoms with E-state index in [2.05, 4.69) is 4.98 Å². The number of hydrogen-bond acceptors (Lipinski definition) is 6. The highest BCUT2D eigenvalue weighted by Crippen LogP contribution is 2.35. The zero-order valence-electron chi connectivity index (χ0n) is 17.3. The zero-order chi connectivity index (χ0) is 22.8. The fraction of sp³-hybridized carbons (Fsp3) is 0.0400. The molecule has 1 saturated heterocycles. The average molecular weight is 472 g/mol. The second kappa shape index (κ2) is 9.01.